The Morgan fingerprint density at radius 2 is 2.00 bits per heavy atom. The molecule has 0 saturated carbocycles. The summed E-state index contributed by atoms with van der Waals surface area (Å²) in [4.78, 5) is 25.9. The molecular formula is C18H17N3O3. The number of fused-ring (bicyclic) bond motifs is 1. The second-order valence-corrected chi connectivity index (χ2v) is 5.81. The van der Waals surface area contributed by atoms with Gasteiger partial charge in [-0.2, -0.15) is 0 Å². The van der Waals surface area contributed by atoms with Gasteiger partial charge in [-0.05, 0) is 37.6 Å². The number of anilines is 1. The Balaban J connectivity index is 1.83. The van der Waals surface area contributed by atoms with Crippen molar-refractivity contribution in [2.45, 2.75) is 20.3 Å². The van der Waals surface area contributed by atoms with Gasteiger partial charge in [0.25, 0.3) is 5.69 Å². The number of nitrogens with one attached hydrogen (secondary N) is 2. The van der Waals surface area contributed by atoms with Crippen LogP contribution in [0.2, 0.25) is 0 Å². The van der Waals surface area contributed by atoms with Crippen LogP contribution in [-0.4, -0.2) is 15.8 Å². The van der Waals surface area contributed by atoms with E-state index in [1.54, 1.807) is 12.1 Å². The van der Waals surface area contributed by atoms with Crippen molar-refractivity contribution < 1.29 is 9.72 Å². The van der Waals surface area contributed by atoms with Gasteiger partial charge in [-0.3, -0.25) is 14.9 Å². The van der Waals surface area contributed by atoms with Crippen LogP contribution in [0.25, 0.3) is 10.9 Å². The number of hydrogen-bond acceptors (Lipinski definition) is 3. The largest absolute Gasteiger partial charge is 0.358 e. The summed E-state index contributed by atoms with van der Waals surface area (Å²) in [6.07, 6.45) is 0.206. The molecule has 6 heteroatoms. The number of benzene rings is 2. The molecule has 0 aliphatic heterocycles. The van der Waals surface area contributed by atoms with E-state index < -0.39 is 4.92 Å². The van der Waals surface area contributed by atoms with Crippen LogP contribution in [0.4, 0.5) is 11.4 Å². The molecule has 0 radical (unpaired) electrons. The third-order valence-electron chi connectivity index (χ3n) is 3.95. The van der Waals surface area contributed by atoms with Crippen LogP contribution < -0.4 is 5.32 Å². The van der Waals surface area contributed by atoms with Crippen molar-refractivity contribution in [2.24, 2.45) is 0 Å². The molecule has 0 aliphatic rings. The minimum absolute atomic E-state index is 0.0494. The lowest BCUT2D eigenvalue weighted by Crippen LogP contribution is -2.14. The molecular weight excluding hydrogens is 306 g/mol. The quantitative estimate of drug-likeness (QED) is 0.564. The lowest BCUT2D eigenvalue weighted by Gasteiger charge is -2.06. The fourth-order valence-corrected chi connectivity index (χ4v) is 2.79. The minimum Gasteiger partial charge on any atom is -0.358 e. The smallest absolute Gasteiger partial charge is 0.271 e. The highest BCUT2D eigenvalue weighted by Gasteiger charge is 2.14. The predicted octanol–water partition coefficient (Wildman–Crippen LogP) is 3.87. The van der Waals surface area contributed by atoms with Gasteiger partial charge in [0.1, 0.15) is 0 Å². The Morgan fingerprint density at radius 1 is 1.21 bits per heavy atom. The van der Waals surface area contributed by atoms with Gasteiger partial charge >= 0.3 is 0 Å². The number of aromatic amines is 1. The summed E-state index contributed by atoms with van der Waals surface area (Å²) in [6, 6.07) is 12.0. The number of aryl methyl sites for hydroxylation is 2. The molecule has 6 nitrogen and oxygen atoms in total. The second kappa shape index (κ2) is 6.16. The van der Waals surface area contributed by atoms with Crippen LogP contribution in [0.3, 0.4) is 0 Å². The standard InChI is InChI=1S/C18H17N3O3/c1-11-6-7-17-16(8-11)15(12(2)19-17)10-18(22)20-13-4-3-5-14(9-13)21(23)24/h3-9,19H,10H2,1-2H3,(H,20,22). The monoisotopic (exact) mass is 323 g/mol. The van der Waals surface area contributed by atoms with E-state index in [1.165, 1.54) is 12.1 Å². The van der Waals surface area contributed by atoms with Gasteiger partial charge in [-0.25, -0.2) is 0 Å². The van der Waals surface area contributed by atoms with E-state index in [-0.39, 0.29) is 18.0 Å². The van der Waals surface area contributed by atoms with Crippen LogP contribution in [0, 0.1) is 24.0 Å². The third-order valence-corrected chi connectivity index (χ3v) is 3.95. The summed E-state index contributed by atoms with van der Waals surface area (Å²) in [5, 5.41) is 14.6. The summed E-state index contributed by atoms with van der Waals surface area (Å²) >= 11 is 0. The van der Waals surface area contributed by atoms with E-state index in [1.807, 2.05) is 26.0 Å². The number of hydrogen-bond donors (Lipinski definition) is 2. The number of nitro groups is 1. The molecule has 2 N–H and O–H groups in total. The highest BCUT2D eigenvalue weighted by Crippen LogP contribution is 2.24. The lowest BCUT2D eigenvalue weighted by atomic mass is 10.1. The number of non-ortho nitro benzene ring substituents is 1. The van der Waals surface area contributed by atoms with Crippen molar-refractivity contribution in [3.63, 3.8) is 0 Å². The third kappa shape index (κ3) is 3.12. The molecule has 1 heterocycles. The molecule has 122 valence electrons. The molecule has 0 aliphatic carbocycles. The number of amides is 1. The highest BCUT2D eigenvalue weighted by molar-refractivity contribution is 5.96. The maximum Gasteiger partial charge on any atom is 0.271 e. The Labute approximate surface area is 138 Å². The zero-order valence-electron chi connectivity index (χ0n) is 13.4. The first-order chi connectivity index (χ1) is 11.4. The first-order valence-corrected chi connectivity index (χ1v) is 7.56. The minimum atomic E-state index is -0.484. The van der Waals surface area contributed by atoms with Crippen LogP contribution in [0.5, 0.6) is 0 Å². The summed E-state index contributed by atoms with van der Waals surface area (Å²) < 4.78 is 0. The summed E-state index contributed by atoms with van der Waals surface area (Å²) in [5.41, 5.74) is 4.38. The summed E-state index contributed by atoms with van der Waals surface area (Å²) in [7, 11) is 0. The molecule has 24 heavy (non-hydrogen) atoms. The lowest BCUT2D eigenvalue weighted by molar-refractivity contribution is -0.384. The molecule has 0 unspecified atom stereocenters. The Bertz CT molecular complexity index is 944. The van der Waals surface area contributed by atoms with E-state index >= 15 is 0 Å². The van der Waals surface area contributed by atoms with Gasteiger partial charge in [0.05, 0.1) is 11.3 Å². The molecule has 0 atom stereocenters. The zero-order chi connectivity index (χ0) is 17.3. The number of carbonyl (C=O) groups is 1. The highest BCUT2D eigenvalue weighted by atomic mass is 16.6. The van der Waals surface area contributed by atoms with Crippen molar-refractivity contribution in [2.75, 3.05) is 5.32 Å². The fraction of sp³-hybridized carbons (Fsp3) is 0.167. The van der Waals surface area contributed by atoms with E-state index in [9.17, 15) is 14.9 Å². The number of nitrogens with zero attached hydrogens (tertiary/aromatic N) is 1. The maximum atomic E-state index is 12.3. The first kappa shape index (κ1) is 15.7. The number of nitro benzene ring substituents is 1. The van der Waals surface area contributed by atoms with Gasteiger partial charge in [-0.1, -0.05) is 17.7 Å². The Kier molecular flexibility index (Phi) is 4.04. The van der Waals surface area contributed by atoms with Crippen LogP contribution >= 0.6 is 0 Å². The number of aromatic nitrogens is 1. The van der Waals surface area contributed by atoms with Crippen molar-refractivity contribution in [1.29, 1.82) is 0 Å². The van der Waals surface area contributed by atoms with Gasteiger partial charge in [0.15, 0.2) is 0 Å². The zero-order valence-corrected chi connectivity index (χ0v) is 13.4. The normalized spacial score (nSPS) is 10.8. The average Bonchev–Trinajstić information content (AvgIpc) is 2.83. The van der Waals surface area contributed by atoms with Crippen LogP contribution in [0.1, 0.15) is 16.8 Å². The molecule has 3 aromatic rings. The summed E-state index contributed by atoms with van der Waals surface area (Å²) in [5.74, 6) is -0.207. The van der Waals surface area contributed by atoms with Gasteiger partial charge < -0.3 is 10.3 Å². The second-order valence-electron chi connectivity index (χ2n) is 5.81. The molecule has 0 spiro atoms. The molecule has 0 bridgehead atoms. The van der Waals surface area contributed by atoms with Gasteiger partial charge in [-0.15, -0.1) is 0 Å². The summed E-state index contributed by atoms with van der Waals surface area (Å²) in [6.45, 7) is 3.94. The number of H-pyrrole nitrogens is 1. The molecule has 1 amide bonds. The van der Waals surface area contributed by atoms with Crippen molar-refractivity contribution >= 4 is 28.2 Å². The molecule has 1 aromatic heterocycles. The molecule has 0 saturated heterocycles. The van der Waals surface area contributed by atoms with E-state index in [2.05, 4.69) is 16.4 Å². The number of rotatable bonds is 4. The van der Waals surface area contributed by atoms with Crippen molar-refractivity contribution in [3.8, 4) is 0 Å². The molecule has 3 rings (SSSR count). The first-order valence-electron chi connectivity index (χ1n) is 7.56. The SMILES string of the molecule is Cc1ccc2[nH]c(C)c(CC(=O)Nc3cccc([N+](=O)[O-])c3)c2c1. The Hall–Kier alpha value is -3.15. The van der Waals surface area contributed by atoms with Crippen LogP contribution in [0.15, 0.2) is 42.5 Å². The van der Waals surface area contributed by atoms with E-state index in [0.717, 1.165) is 27.7 Å². The topological polar surface area (TPSA) is 88.0 Å². The van der Waals surface area contributed by atoms with E-state index in [4.69, 9.17) is 0 Å². The van der Waals surface area contributed by atoms with Crippen molar-refractivity contribution in [3.05, 3.63) is 69.4 Å². The van der Waals surface area contributed by atoms with Crippen LogP contribution in [-0.2, 0) is 11.2 Å². The maximum absolute atomic E-state index is 12.3. The number of carbonyl (C=O) groups excluding carboxylic acids is 1. The molecule has 2 aromatic carbocycles. The average molecular weight is 323 g/mol. The van der Waals surface area contributed by atoms with Crippen molar-refractivity contribution in [1.82, 2.24) is 4.98 Å². The van der Waals surface area contributed by atoms with Gasteiger partial charge in [0.2, 0.25) is 5.91 Å². The van der Waals surface area contributed by atoms with E-state index in [0.29, 0.717) is 5.69 Å². The fourth-order valence-electron chi connectivity index (χ4n) is 2.79. The molecule has 0 fully saturated rings. The Morgan fingerprint density at radius 3 is 2.75 bits per heavy atom. The predicted molar refractivity (Wildman–Crippen MR) is 93.2 cm³/mol. The van der Waals surface area contributed by atoms with Gasteiger partial charge in [0, 0.05) is 34.4 Å².